The molecule has 1 aliphatic heterocycles. The minimum atomic E-state index is -3.45. The van der Waals surface area contributed by atoms with Crippen molar-refractivity contribution in [2.24, 2.45) is 11.8 Å². The summed E-state index contributed by atoms with van der Waals surface area (Å²) in [5.74, 6) is 0.483. The molecule has 1 saturated carbocycles. The Morgan fingerprint density at radius 3 is 2.65 bits per heavy atom. The Bertz CT molecular complexity index is 719. The third-order valence-corrected chi connectivity index (χ3v) is 6.09. The van der Waals surface area contributed by atoms with E-state index in [1.54, 1.807) is 0 Å². The fraction of sp³-hybridized carbons (Fsp3) is 0.611. The summed E-state index contributed by atoms with van der Waals surface area (Å²) in [4.78, 5) is 14.0. The van der Waals surface area contributed by atoms with Crippen LogP contribution in [0.3, 0.4) is 0 Å². The van der Waals surface area contributed by atoms with E-state index in [1.807, 2.05) is 4.90 Å². The van der Waals surface area contributed by atoms with Crippen LogP contribution in [-0.2, 0) is 14.8 Å². The number of amides is 1. The molecule has 1 saturated heterocycles. The lowest BCUT2D eigenvalue weighted by Gasteiger charge is -2.33. The Hall–Kier alpha value is -1.67. The number of piperidine rings is 1. The van der Waals surface area contributed by atoms with Crippen LogP contribution in [0.15, 0.2) is 24.3 Å². The van der Waals surface area contributed by atoms with Gasteiger partial charge in [0.2, 0.25) is 15.9 Å². The summed E-state index contributed by atoms with van der Waals surface area (Å²) in [6, 6.07) is 5.45. The lowest BCUT2D eigenvalue weighted by atomic mass is 9.98. The molecule has 2 fully saturated rings. The first-order valence-electron chi connectivity index (χ1n) is 9.07. The molecule has 1 heterocycles. The molecule has 1 aromatic rings. The smallest absolute Gasteiger partial charge is 0.225 e. The molecule has 1 atom stereocenters. The van der Waals surface area contributed by atoms with E-state index in [0.29, 0.717) is 18.8 Å². The number of ether oxygens (including phenoxy) is 1. The van der Waals surface area contributed by atoms with Crippen molar-refractivity contribution >= 4 is 15.9 Å². The highest BCUT2D eigenvalue weighted by Crippen LogP contribution is 2.32. The molecule has 26 heavy (non-hydrogen) atoms. The van der Waals surface area contributed by atoms with Crippen LogP contribution < -0.4 is 9.46 Å². The van der Waals surface area contributed by atoms with E-state index >= 15 is 0 Å². The Balaban J connectivity index is 1.39. The molecule has 0 bridgehead atoms. The number of likely N-dealkylation sites (tertiary alicyclic amines) is 1. The molecule has 1 N–H and O–H groups in total. The molecule has 1 aliphatic carbocycles. The van der Waals surface area contributed by atoms with Crippen molar-refractivity contribution in [1.82, 2.24) is 9.62 Å². The van der Waals surface area contributed by atoms with Gasteiger partial charge in [-0.15, -0.1) is 0 Å². The lowest BCUT2D eigenvalue weighted by Crippen LogP contribution is -2.44. The van der Waals surface area contributed by atoms with Crippen LogP contribution in [-0.4, -0.2) is 51.2 Å². The summed E-state index contributed by atoms with van der Waals surface area (Å²) in [6.45, 7) is 1.75. The topological polar surface area (TPSA) is 75.7 Å². The minimum Gasteiger partial charge on any atom is -0.492 e. The van der Waals surface area contributed by atoms with Crippen molar-refractivity contribution in [2.45, 2.75) is 25.7 Å². The molecular formula is C18H25FN2O4S. The summed E-state index contributed by atoms with van der Waals surface area (Å²) in [5.41, 5.74) is 0. The van der Waals surface area contributed by atoms with Crippen molar-refractivity contribution in [2.75, 3.05) is 32.0 Å². The number of nitrogens with one attached hydrogen (secondary N) is 1. The maximum absolute atomic E-state index is 12.8. The first kappa shape index (κ1) is 19.1. The number of benzene rings is 1. The third kappa shape index (κ3) is 5.67. The average molecular weight is 384 g/mol. The van der Waals surface area contributed by atoms with Crippen LogP contribution in [0.4, 0.5) is 4.39 Å². The van der Waals surface area contributed by atoms with Gasteiger partial charge in [-0.2, -0.15) is 0 Å². The second kappa shape index (κ2) is 8.35. The van der Waals surface area contributed by atoms with E-state index in [1.165, 1.54) is 24.3 Å². The number of rotatable bonds is 8. The van der Waals surface area contributed by atoms with Gasteiger partial charge in [0.1, 0.15) is 18.2 Å². The van der Waals surface area contributed by atoms with Gasteiger partial charge in [-0.1, -0.05) is 0 Å². The van der Waals surface area contributed by atoms with Gasteiger partial charge in [0, 0.05) is 25.6 Å². The molecule has 2 aliphatic rings. The molecule has 6 nitrogen and oxygen atoms in total. The molecular weight excluding hydrogens is 359 g/mol. The fourth-order valence-electron chi connectivity index (χ4n) is 3.14. The van der Waals surface area contributed by atoms with Crippen LogP contribution in [0.25, 0.3) is 0 Å². The maximum atomic E-state index is 12.8. The van der Waals surface area contributed by atoms with Gasteiger partial charge in [-0.05, 0) is 55.9 Å². The lowest BCUT2D eigenvalue weighted by molar-refractivity contribution is -0.134. The van der Waals surface area contributed by atoms with Crippen LogP contribution in [0.1, 0.15) is 25.7 Å². The van der Waals surface area contributed by atoms with Crippen LogP contribution in [0.2, 0.25) is 0 Å². The molecule has 8 heteroatoms. The molecule has 0 radical (unpaired) electrons. The Kier molecular flexibility index (Phi) is 6.13. The van der Waals surface area contributed by atoms with E-state index < -0.39 is 10.0 Å². The number of nitrogens with zero attached hydrogens (tertiary/aromatic N) is 1. The van der Waals surface area contributed by atoms with Crippen LogP contribution in [0, 0.1) is 17.7 Å². The van der Waals surface area contributed by atoms with Crippen molar-refractivity contribution in [3.63, 3.8) is 0 Å². The van der Waals surface area contributed by atoms with Gasteiger partial charge in [0.05, 0.1) is 5.75 Å². The normalized spacial score (nSPS) is 20.8. The van der Waals surface area contributed by atoms with Gasteiger partial charge in [0.25, 0.3) is 0 Å². The maximum Gasteiger partial charge on any atom is 0.225 e. The van der Waals surface area contributed by atoms with Crippen molar-refractivity contribution in [3.8, 4) is 5.75 Å². The summed E-state index contributed by atoms with van der Waals surface area (Å²) in [5, 5.41) is 0. The Morgan fingerprint density at radius 1 is 1.23 bits per heavy atom. The van der Waals surface area contributed by atoms with Gasteiger partial charge in [-0.25, -0.2) is 17.5 Å². The van der Waals surface area contributed by atoms with Crippen LogP contribution in [0.5, 0.6) is 5.75 Å². The van der Waals surface area contributed by atoms with E-state index in [2.05, 4.69) is 4.72 Å². The van der Waals surface area contributed by atoms with E-state index in [-0.39, 0.29) is 35.9 Å². The quantitative estimate of drug-likeness (QED) is 0.741. The number of hydrogen-bond donors (Lipinski definition) is 1. The SMILES string of the molecule is O=C(C1CC1)N1CCCC(CNS(=O)(=O)CCOc2ccc(F)cc2)C1. The number of halogens is 1. The predicted octanol–water partition coefficient (Wildman–Crippen LogP) is 1.77. The zero-order valence-corrected chi connectivity index (χ0v) is 15.5. The monoisotopic (exact) mass is 384 g/mol. The second-order valence-electron chi connectivity index (χ2n) is 7.04. The molecule has 1 aromatic carbocycles. The fourth-order valence-corrected chi connectivity index (χ4v) is 4.07. The first-order valence-corrected chi connectivity index (χ1v) is 10.7. The standard InChI is InChI=1S/C18H25FN2O4S/c19-16-5-7-17(8-6-16)25-10-11-26(23,24)20-12-14-2-1-9-21(13-14)18(22)15-3-4-15/h5-8,14-15,20H,1-4,9-13H2. The Labute approximate surface area is 153 Å². The molecule has 3 rings (SSSR count). The molecule has 0 spiro atoms. The molecule has 1 unspecified atom stereocenters. The molecule has 1 amide bonds. The van der Waals surface area contributed by atoms with E-state index in [9.17, 15) is 17.6 Å². The number of sulfonamides is 1. The largest absolute Gasteiger partial charge is 0.492 e. The third-order valence-electron chi connectivity index (χ3n) is 4.78. The zero-order valence-electron chi connectivity index (χ0n) is 14.7. The van der Waals surface area contributed by atoms with Crippen molar-refractivity contribution < 1.29 is 22.3 Å². The summed E-state index contributed by atoms with van der Waals surface area (Å²) in [7, 11) is -3.45. The van der Waals surface area contributed by atoms with Crippen molar-refractivity contribution in [3.05, 3.63) is 30.1 Å². The first-order chi connectivity index (χ1) is 12.4. The van der Waals surface area contributed by atoms with Crippen molar-refractivity contribution in [1.29, 1.82) is 0 Å². The predicted molar refractivity (Wildman–Crippen MR) is 95.7 cm³/mol. The molecule has 144 valence electrons. The van der Waals surface area contributed by atoms with Gasteiger partial charge < -0.3 is 9.64 Å². The highest BCUT2D eigenvalue weighted by Gasteiger charge is 2.35. The van der Waals surface area contributed by atoms with Gasteiger partial charge in [-0.3, -0.25) is 4.79 Å². The van der Waals surface area contributed by atoms with E-state index in [4.69, 9.17) is 4.74 Å². The summed E-state index contributed by atoms with van der Waals surface area (Å²) >= 11 is 0. The highest BCUT2D eigenvalue weighted by atomic mass is 32.2. The number of carbonyl (C=O) groups is 1. The second-order valence-corrected chi connectivity index (χ2v) is 8.96. The summed E-state index contributed by atoms with van der Waals surface area (Å²) in [6.07, 6.45) is 3.81. The van der Waals surface area contributed by atoms with Crippen LogP contribution >= 0.6 is 0 Å². The molecule has 0 aromatic heterocycles. The van der Waals surface area contributed by atoms with E-state index in [0.717, 1.165) is 32.2 Å². The minimum absolute atomic E-state index is 0.00206. The van der Waals surface area contributed by atoms with Gasteiger partial charge >= 0.3 is 0 Å². The summed E-state index contributed by atoms with van der Waals surface area (Å²) < 4.78 is 45.0. The number of carbonyl (C=O) groups excluding carboxylic acids is 1. The Morgan fingerprint density at radius 2 is 1.96 bits per heavy atom. The zero-order chi connectivity index (χ0) is 18.6. The average Bonchev–Trinajstić information content (AvgIpc) is 3.46. The highest BCUT2D eigenvalue weighted by molar-refractivity contribution is 7.89. The van der Waals surface area contributed by atoms with Gasteiger partial charge in [0.15, 0.2) is 0 Å². The number of hydrogen-bond acceptors (Lipinski definition) is 4.